The zero-order valence-electron chi connectivity index (χ0n) is 14.6. The number of hydrogen-bond donors (Lipinski definition) is 1. The van der Waals surface area contributed by atoms with Gasteiger partial charge in [0.25, 0.3) is 0 Å². The minimum absolute atomic E-state index is 0.226. The highest BCUT2D eigenvalue weighted by molar-refractivity contribution is 5.89. The summed E-state index contributed by atoms with van der Waals surface area (Å²) in [6.07, 6.45) is 0. The van der Waals surface area contributed by atoms with Gasteiger partial charge in [-0.3, -0.25) is 4.79 Å². The van der Waals surface area contributed by atoms with Gasteiger partial charge in [-0.2, -0.15) is 0 Å². The lowest BCUT2D eigenvalue weighted by Crippen LogP contribution is -2.33. The number of benzene rings is 3. The molecule has 5 heteroatoms. The van der Waals surface area contributed by atoms with Gasteiger partial charge >= 0.3 is 0 Å². The third-order valence-corrected chi connectivity index (χ3v) is 4.74. The molecule has 0 radical (unpaired) electrons. The van der Waals surface area contributed by atoms with Crippen molar-refractivity contribution in [1.82, 2.24) is 5.32 Å². The summed E-state index contributed by atoms with van der Waals surface area (Å²) in [6.45, 7) is 1.74. The predicted octanol–water partition coefficient (Wildman–Crippen LogP) is 5.08. The van der Waals surface area contributed by atoms with Crippen LogP contribution in [0.5, 0.6) is 11.5 Å². The summed E-state index contributed by atoms with van der Waals surface area (Å²) in [5.41, 5.74) is 2.04. The number of ether oxygens (including phenoxy) is 1. The molecule has 1 aliphatic heterocycles. The average Bonchev–Trinajstić information content (AvgIpc) is 2.67. The number of amides is 1. The van der Waals surface area contributed by atoms with E-state index in [-0.39, 0.29) is 5.91 Å². The van der Waals surface area contributed by atoms with Crippen molar-refractivity contribution in [3.05, 3.63) is 95.1 Å². The second-order valence-corrected chi connectivity index (χ2v) is 6.51. The fourth-order valence-corrected chi connectivity index (χ4v) is 3.35. The molecule has 0 saturated heterocycles. The van der Waals surface area contributed by atoms with Gasteiger partial charge < -0.3 is 10.1 Å². The first-order valence-corrected chi connectivity index (χ1v) is 8.65. The van der Waals surface area contributed by atoms with Crippen LogP contribution in [0, 0.1) is 11.6 Å². The predicted molar refractivity (Wildman–Crippen MR) is 97.7 cm³/mol. The van der Waals surface area contributed by atoms with E-state index in [0.29, 0.717) is 17.1 Å². The molecule has 4 rings (SSSR count). The molecular weight excluding hydrogens is 348 g/mol. The van der Waals surface area contributed by atoms with E-state index in [0.717, 1.165) is 23.3 Å². The molecule has 1 aliphatic rings. The molecule has 0 fully saturated rings. The van der Waals surface area contributed by atoms with Crippen LogP contribution in [-0.4, -0.2) is 5.91 Å². The molecule has 0 bridgehead atoms. The second-order valence-electron chi connectivity index (χ2n) is 6.51. The molecular formula is C22H17F2NO2. The average molecular weight is 365 g/mol. The van der Waals surface area contributed by atoms with Gasteiger partial charge in [0, 0.05) is 11.1 Å². The Kier molecular flexibility index (Phi) is 4.36. The van der Waals surface area contributed by atoms with Gasteiger partial charge in [-0.1, -0.05) is 42.5 Å². The van der Waals surface area contributed by atoms with E-state index in [1.807, 2.05) is 48.5 Å². The lowest BCUT2D eigenvalue weighted by atomic mass is 9.87. The summed E-state index contributed by atoms with van der Waals surface area (Å²) >= 11 is 0. The molecule has 27 heavy (non-hydrogen) atoms. The highest BCUT2D eigenvalue weighted by Crippen LogP contribution is 2.44. The zero-order chi connectivity index (χ0) is 19.0. The van der Waals surface area contributed by atoms with E-state index in [2.05, 4.69) is 5.32 Å². The number of carbonyl (C=O) groups excluding carboxylic acids is 1. The molecule has 1 N–H and O–H groups in total. The van der Waals surface area contributed by atoms with Gasteiger partial charge in [-0.05, 0) is 36.8 Å². The lowest BCUT2D eigenvalue weighted by molar-refractivity contribution is -0.122. The first-order chi connectivity index (χ1) is 13.0. The minimum Gasteiger partial charge on any atom is -0.457 e. The van der Waals surface area contributed by atoms with Crippen LogP contribution in [0.2, 0.25) is 0 Å². The molecule has 3 aromatic carbocycles. The van der Waals surface area contributed by atoms with E-state index in [4.69, 9.17) is 4.74 Å². The monoisotopic (exact) mass is 365 g/mol. The summed E-state index contributed by atoms with van der Waals surface area (Å²) in [5.74, 6) is -1.34. The lowest BCUT2D eigenvalue weighted by Gasteiger charge is -2.28. The number of rotatable bonds is 3. The van der Waals surface area contributed by atoms with Gasteiger partial charge in [0.05, 0.1) is 12.0 Å². The van der Waals surface area contributed by atoms with Gasteiger partial charge in [0.2, 0.25) is 5.91 Å². The molecule has 136 valence electrons. The van der Waals surface area contributed by atoms with Crippen molar-refractivity contribution >= 4 is 5.91 Å². The molecule has 3 aromatic rings. The molecule has 0 saturated carbocycles. The smallest absolute Gasteiger partial charge is 0.232 e. The van der Waals surface area contributed by atoms with Gasteiger partial charge in [-0.15, -0.1) is 0 Å². The molecule has 1 unspecified atom stereocenters. The Balaban J connectivity index is 1.66. The van der Waals surface area contributed by atoms with Crippen LogP contribution < -0.4 is 10.1 Å². The van der Waals surface area contributed by atoms with Crippen molar-refractivity contribution in [2.75, 3.05) is 0 Å². The molecule has 1 heterocycles. The Morgan fingerprint density at radius 1 is 0.926 bits per heavy atom. The van der Waals surface area contributed by atoms with Crippen molar-refractivity contribution in [1.29, 1.82) is 0 Å². The Hall–Kier alpha value is -3.21. The number of halogens is 2. The summed E-state index contributed by atoms with van der Waals surface area (Å²) in [6, 6.07) is 17.9. The topological polar surface area (TPSA) is 38.3 Å². The van der Waals surface area contributed by atoms with Crippen molar-refractivity contribution in [2.24, 2.45) is 0 Å². The Morgan fingerprint density at radius 2 is 1.52 bits per heavy atom. The number of para-hydroxylation sites is 2. The fraction of sp³-hybridized carbons (Fsp3) is 0.136. The summed E-state index contributed by atoms with van der Waals surface area (Å²) in [4.78, 5) is 13.1. The Bertz CT molecular complexity index is 973. The second kappa shape index (κ2) is 6.83. The normalized spacial score (nSPS) is 13.9. The van der Waals surface area contributed by atoms with Gasteiger partial charge in [0.15, 0.2) is 11.6 Å². The number of nitrogens with one attached hydrogen (secondary N) is 1. The summed E-state index contributed by atoms with van der Waals surface area (Å²) < 4.78 is 32.6. The molecule has 0 aromatic heterocycles. The quantitative estimate of drug-likeness (QED) is 0.703. The van der Waals surface area contributed by atoms with Crippen molar-refractivity contribution < 1.29 is 18.3 Å². The summed E-state index contributed by atoms with van der Waals surface area (Å²) in [7, 11) is 0. The standard InChI is InChI=1S/C22H17F2NO2/c1-13(14-10-11-17(23)18(24)12-14)25-22(26)21-15-6-2-4-8-19(15)27-20-9-5-3-7-16(20)21/h2-13,21H,1H3,(H,25,26). The van der Waals surface area contributed by atoms with E-state index in [1.165, 1.54) is 6.07 Å². The Morgan fingerprint density at radius 3 is 2.11 bits per heavy atom. The molecule has 1 amide bonds. The van der Waals surface area contributed by atoms with E-state index in [1.54, 1.807) is 6.92 Å². The largest absolute Gasteiger partial charge is 0.457 e. The van der Waals surface area contributed by atoms with Crippen LogP contribution in [0.15, 0.2) is 66.7 Å². The molecule has 1 atom stereocenters. The van der Waals surface area contributed by atoms with Crippen LogP contribution in [-0.2, 0) is 4.79 Å². The first-order valence-electron chi connectivity index (χ1n) is 8.65. The van der Waals surface area contributed by atoms with Crippen LogP contribution in [0.1, 0.15) is 35.6 Å². The highest BCUT2D eigenvalue weighted by Gasteiger charge is 2.33. The van der Waals surface area contributed by atoms with Crippen LogP contribution in [0.4, 0.5) is 8.78 Å². The third-order valence-electron chi connectivity index (χ3n) is 4.74. The van der Waals surface area contributed by atoms with Crippen LogP contribution in [0.25, 0.3) is 0 Å². The maximum absolute atomic E-state index is 13.5. The summed E-state index contributed by atoms with van der Waals surface area (Å²) in [5, 5.41) is 2.91. The number of carbonyl (C=O) groups is 1. The van der Waals surface area contributed by atoms with Crippen LogP contribution >= 0.6 is 0 Å². The molecule has 0 aliphatic carbocycles. The van der Waals surface area contributed by atoms with Crippen LogP contribution in [0.3, 0.4) is 0 Å². The van der Waals surface area contributed by atoms with Crippen molar-refractivity contribution in [3.8, 4) is 11.5 Å². The van der Waals surface area contributed by atoms with E-state index in [9.17, 15) is 13.6 Å². The maximum Gasteiger partial charge on any atom is 0.232 e. The molecule has 0 spiro atoms. The number of fused-ring (bicyclic) bond motifs is 2. The minimum atomic E-state index is -0.935. The van der Waals surface area contributed by atoms with Crippen molar-refractivity contribution in [3.63, 3.8) is 0 Å². The fourth-order valence-electron chi connectivity index (χ4n) is 3.35. The van der Waals surface area contributed by atoms with E-state index < -0.39 is 23.6 Å². The van der Waals surface area contributed by atoms with E-state index >= 15 is 0 Å². The SMILES string of the molecule is CC(NC(=O)C1c2ccccc2Oc2ccccc21)c1ccc(F)c(F)c1. The highest BCUT2D eigenvalue weighted by atomic mass is 19.2. The molecule has 3 nitrogen and oxygen atoms in total. The third kappa shape index (κ3) is 3.16. The van der Waals surface area contributed by atoms with Crippen molar-refractivity contribution in [2.45, 2.75) is 18.9 Å². The number of hydrogen-bond acceptors (Lipinski definition) is 2. The van der Waals surface area contributed by atoms with Gasteiger partial charge in [-0.25, -0.2) is 8.78 Å². The zero-order valence-corrected chi connectivity index (χ0v) is 14.6. The van der Waals surface area contributed by atoms with Gasteiger partial charge in [0.1, 0.15) is 11.5 Å². The maximum atomic E-state index is 13.5. The first kappa shape index (κ1) is 17.2. The Labute approximate surface area is 155 Å².